The van der Waals surface area contributed by atoms with Crippen LogP contribution in [-0.4, -0.2) is 26.9 Å². The van der Waals surface area contributed by atoms with Crippen LogP contribution in [-0.2, 0) is 18.4 Å². The van der Waals surface area contributed by atoms with Gasteiger partial charge in [-0.2, -0.15) is 0 Å². The number of rotatable bonds is 3. The lowest BCUT2D eigenvalue weighted by Crippen LogP contribution is -2.00. The van der Waals surface area contributed by atoms with Crippen LogP contribution in [0.15, 0.2) is 36.5 Å². The highest BCUT2D eigenvalue weighted by atomic mass is 16.5. The molecule has 0 bridgehead atoms. The summed E-state index contributed by atoms with van der Waals surface area (Å²) in [4.78, 5) is 4.31. The molecular weight excluding hydrogens is 240 g/mol. The predicted octanol–water partition coefficient (Wildman–Crippen LogP) is 2.18. The van der Waals surface area contributed by atoms with Gasteiger partial charge in [0.25, 0.3) is 0 Å². The van der Waals surface area contributed by atoms with Crippen LogP contribution in [0.3, 0.4) is 0 Å². The van der Waals surface area contributed by atoms with Crippen molar-refractivity contribution in [3.8, 4) is 11.4 Å². The van der Waals surface area contributed by atoms with Crippen molar-refractivity contribution in [3.05, 3.63) is 42.4 Å². The van der Waals surface area contributed by atoms with Crippen molar-refractivity contribution < 1.29 is 4.74 Å². The van der Waals surface area contributed by atoms with E-state index in [9.17, 15) is 0 Å². The third-order valence-electron chi connectivity index (χ3n) is 3.10. The van der Waals surface area contributed by atoms with Gasteiger partial charge in [0.15, 0.2) is 11.6 Å². The third-order valence-corrected chi connectivity index (χ3v) is 3.10. The van der Waals surface area contributed by atoms with Gasteiger partial charge in [0.05, 0.1) is 5.52 Å². The fraction of sp³-hybridized carbons (Fsp3) is 0.214. The molecule has 3 aromatic rings. The van der Waals surface area contributed by atoms with Crippen LogP contribution in [0.1, 0.15) is 5.82 Å². The van der Waals surface area contributed by atoms with Gasteiger partial charge in [0, 0.05) is 31.3 Å². The zero-order valence-corrected chi connectivity index (χ0v) is 10.9. The summed E-state index contributed by atoms with van der Waals surface area (Å²) in [6, 6.07) is 10.0. The Kier molecular flexibility index (Phi) is 2.97. The van der Waals surface area contributed by atoms with E-state index in [0.29, 0.717) is 6.61 Å². The summed E-state index contributed by atoms with van der Waals surface area (Å²) < 4.78 is 7.04. The number of methoxy groups -OCH3 is 1. The average molecular weight is 254 g/mol. The highest BCUT2D eigenvalue weighted by Gasteiger charge is 2.10. The number of hydrogen-bond donors (Lipinski definition) is 0. The monoisotopic (exact) mass is 254 g/mol. The average Bonchev–Trinajstić information content (AvgIpc) is 2.80. The topological polar surface area (TPSA) is 52.8 Å². The summed E-state index contributed by atoms with van der Waals surface area (Å²) in [7, 11) is 3.59. The molecule has 0 saturated carbocycles. The Hall–Kier alpha value is -2.27. The van der Waals surface area contributed by atoms with Gasteiger partial charge in [0.2, 0.25) is 0 Å². The maximum atomic E-state index is 5.09. The second kappa shape index (κ2) is 4.78. The van der Waals surface area contributed by atoms with E-state index in [-0.39, 0.29) is 0 Å². The van der Waals surface area contributed by atoms with Crippen LogP contribution in [0.4, 0.5) is 0 Å². The van der Waals surface area contributed by atoms with Crippen LogP contribution in [0.25, 0.3) is 22.3 Å². The van der Waals surface area contributed by atoms with Gasteiger partial charge in [-0.1, -0.05) is 6.07 Å². The molecule has 1 aromatic carbocycles. The second-order valence-corrected chi connectivity index (χ2v) is 4.34. The molecule has 2 aromatic heterocycles. The van der Waals surface area contributed by atoms with Crippen molar-refractivity contribution in [1.82, 2.24) is 19.7 Å². The summed E-state index contributed by atoms with van der Waals surface area (Å²) in [6.07, 6.45) is 1.79. The Balaban J connectivity index is 2.08. The van der Waals surface area contributed by atoms with Crippen molar-refractivity contribution in [2.75, 3.05) is 7.11 Å². The molecule has 0 fully saturated rings. The van der Waals surface area contributed by atoms with Gasteiger partial charge in [-0.3, -0.25) is 4.98 Å². The van der Waals surface area contributed by atoms with E-state index < -0.39 is 0 Å². The van der Waals surface area contributed by atoms with Crippen LogP contribution >= 0.6 is 0 Å². The van der Waals surface area contributed by atoms with Gasteiger partial charge in [0.1, 0.15) is 6.61 Å². The summed E-state index contributed by atoms with van der Waals surface area (Å²) in [5.41, 5.74) is 2.00. The fourth-order valence-corrected chi connectivity index (χ4v) is 2.08. The molecule has 2 heterocycles. The van der Waals surface area contributed by atoms with Crippen LogP contribution in [0, 0.1) is 0 Å². The highest BCUT2D eigenvalue weighted by molar-refractivity contribution is 5.83. The number of ether oxygens (including phenoxy) is 1. The van der Waals surface area contributed by atoms with Crippen molar-refractivity contribution in [1.29, 1.82) is 0 Å². The molecular formula is C14H14N4O. The predicted molar refractivity (Wildman–Crippen MR) is 72.5 cm³/mol. The number of aromatic nitrogens is 4. The van der Waals surface area contributed by atoms with E-state index in [4.69, 9.17) is 4.74 Å². The second-order valence-electron chi connectivity index (χ2n) is 4.34. The van der Waals surface area contributed by atoms with E-state index in [2.05, 4.69) is 21.2 Å². The van der Waals surface area contributed by atoms with Crippen molar-refractivity contribution in [3.63, 3.8) is 0 Å². The van der Waals surface area contributed by atoms with Crippen molar-refractivity contribution in [2.45, 2.75) is 6.61 Å². The highest BCUT2D eigenvalue weighted by Crippen LogP contribution is 2.22. The first-order valence-corrected chi connectivity index (χ1v) is 6.02. The van der Waals surface area contributed by atoms with E-state index in [1.165, 1.54) is 0 Å². The van der Waals surface area contributed by atoms with Gasteiger partial charge < -0.3 is 9.30 Å². The SMILES string of the molecule is COCc1nnc(-c2ccc3ncccc3c2)n1C. The molecule has 0 aliphatic rings. The molecule has 0 N–H and O–H groups in total. The lowest BCUT2D eigenvalue weighted by molar-refractivity contribution is 0.175. The normalized spacial score (nSPS) is 11.1. The molecule has 0 radical (unpaired) electrons. The summed E-state index contributed by atoms with van der Waals surface area (Å²) in [6.45, 7) is 0.457. The third kappa shape index (κ3) is 2.08. The van der Waals surface area contributed by atoms with Crippen LogP contribution in [0.2, 0.25) is 0 Å². The molecule has 3 rings (SSSR count). The number of fused-ring (bicyclic) bond motifs is 1. The first-order chi connectivity index (χ1) is 9.29. The summed E-state index contributed by atoms with van der Waals surface area (Å²) >= 11 is 0. The zero-order chi connectivity index (χ0) is 13.2. The van der Waals surface area contributed by atoms with Gasteiger partial charge in [-0.25, -0.2) is 0 Å². The maximum absolute atomic E-state index is 5.09. The molecule has 5 heteroatoms. The smallest absolute Gasteiger partial charge is 0.163 e. The number of benzene rings is 1. The quantitative estimate of drug-likeness (QED) is 0.719. The minimum Gasteiger partial charge on any atom is -0.377 e. The lowest BCUT2D eigenvalue weighted by Gasteiger charge is -2.04. The minimum atomic E-state index is 0.457. The van der Waals surface area contributed by atoms with Crippen molar-refractivity contribution >= 4 is 10.9 Å². The molecule has 0 saturated heterocycles. The molecule has 0 atom stereocenters. The Morgan fingerprint density at radius 1 is 1.21 bits per heavy atom. The first kappa shape index (κ1) is 11.8. The Bertz CT molecular complexity index is 720. The number of hydrogen-bond acceptors (Lipinski definition) is 4. The van der Waals surface area contributed by atoms with E-state index >= 15 is 0 Å². The first-order valence-electron chi connectivity index (χ1n) is 6.02. The summed E-state index contributed by atoms with van der Waals surface area (Å²) in [5.74, 6) is 1.64. The Labute approximate surface area is 110 Å². The molecule has 0 spiro atoms. The molecule has 0 amide bonds. The van der Waals surface area contributed by atoms with Crippen LogP contribution in [0.5, 0.6) is 0 Å². The van der Waals surface area contributed by atoms with Gasteiger partial charge in [-0.15, -0.1) is 10.2 Å². The Morgan fingerprint density at radius 2 is 2.11 bits per heavy atom. The van der Waals surface area contributed by atoms with E-state index in [0.717, 1.165) is 28.1 Å². The molecule has 19 heavy (non-hydrogen) atoms. The molecule has 96 valence electrons. The zero-order valence-electron chi connectivity index (χ0n) is 10.9. The minimum absolute atomic E-state index is 0.457. The van der Waals surface area contributed by atoms with E-state index in [1.54, 1.807) is 13.3 Å². The molecule has 0 unspecified atom stereocenters. The number of pyridine rings is 1. The van der Waals surface area contributed by atoms with Gasteiger partial charge >= 0.3 is 0 Å². The van der Waals surface area contributed by atoms with E-state index in [1.807, 2.05) is 35.9 Å². The molecule has 0 aliphatic heterocycles. The maximum Gasteiger partial charge on any atom is 0.163 e. The van der Waals surface area contributed by atoms with Crippen molar-refractivity contribution in [2.24, 2.45) is 7.05 Å². The fourth-order valence-electron chi connectivity index (χ4n) is 2.08. The standard InChI is InChI=1S/C14H14N4O/c1-18-13(9-19-2)16-17-14(18)11-5-6-12-10(8-11)4-3-7-15-12/h3-8H,9H2,1-2H3. The number of nitrogens with zero attached hydrogens (tertiary/aromatic N) is 4. The Morgan fingerprint density at radius 3 is 2.95 bits per heavy atom. The van der Waals surface area contributed by atoms with Gasteiger partial charge in [-0.05, 0) is 24.3 Å². The summed E-state index contributed by atoms with van der Waals surface area (Å²) in [5, 5.41) is 9.45. The van der Waals surface area contributed by atoms with Crippen LogP contribution < -0.4 is 0 Å². The molecule has 5 nitrogen and oxygen atoms in total. The lowest BCUT2D eigenvalue weighted by atomic mass is 10.1. The largest absolute Gasteiger partial charge is 0.377 e. The molecule has 0 aliphatic carbocycles.